The smallest absolute Gasteiger partial charge is 0.279 e. The summed E-state index contributed by atoms with van der Waals surface area (Å²) in [5.74, 6) is 0.877. The van der Waals surface area contributed by atoms with Gasteiger partial charge in [-0.15, -0.1) is 0 Å². The van der Waals surface area contributed by atoms with Crippen molar-refractivity contribution in [3.63, 3.8) is 0 Å². The van der Waals surface area contributed by atoms with Crippen molar-refractivity contribution >= 4 is 28.3 Å². The molecular formula is C25H22N4O. The predicted molar refractivity (Wildman–Crippen MR) is 120 cm³/mol. The first kappa shape index (κ1) is 17.3. The van der Waals surface area contributed by atoms with Gasteiger partial charge in [0.05, 0.1) is 16.7 Å². The van der Waals surface area contributed by atoms with Crippen molar-refractivity contribution in [1.82, 2.24) is 9.55 Å². The van der Waals surface area contributed by atoms with Crippen molar-refractivity contribution in [2.24, 2.45) is 0 Å². The molecule has 0 bridgehead atoms. The van der Waals surface area contributed by atoms with Crippen LogP contribution in [0.25, 0.3) is 22.4 Å². The Morgan fingerprint density at radius 3 is 2.63 bits per heavy atom. The Hall–Kier alpha value is -3.60. The third kappa shape index (κ3) is 2.07. The van der Waals surface area contributed by atoms with Crippen LogP contribution in [0.4, 0.5) is 11.4 Å². The maximum absolute atomic E-state index is 14.2. The highest BCUT2D eigenvalue weighted by Crippen LogP contribution is 2.50. The first-order chi connectivity index (χ1) is 14.8. The average molecular weight is 394 g/mol. The van der Waals surface area contributed by atoms with Gasteiger partial charge in [-0.2, -0.15) is 0 Å². The number of para-hydroxylation sites is 4. The van der Waals surface area contributed by atoms with E-state index in [1.54, 1.807) is 0 Å². The molecule has 1 atom stereocenters. The zero-order valence-electron chi connectivity index (χ0n) is 16.8. The quantitative estimate of drug-likeness (QED) is 0.533. The van der Waals surface area contributed by atoms with E-state index in [-0.39, 0.29) is 5.91 Å². The Morgan fingerprint density at radius 1 is 0.967 bits per heavy atom. The maximum Gasteiger partial charge on any atom is 0.279 e. The van der Waals surface area contributed by atoms with Gasteiger partial charge in [0.1, 0.15) is 5.82 Å². The maximum atomic E-state index is 14.2. The average Bonchev–Trinajstić information content (AvgIpc) is 3.28. The van der Waals surface area contributed by atoms with E-state index in [4.69, 9.17) is 4.98 Å². The molecule has 0 saturated carbocycles. The number of aromatic nitrogens is 2. The minimum atomic E-state index is -1.04. The summed E-state index contributed by atoms with van der Waals surface area (Å²) in [4.78, 5) is 21.1. The van der Waals surface area contributed by atoms with Crippen molar-refractivity contribution in [3.05, 3.63) is 78.4 Å². The molecule has 30 heavy (non-hydrogen) atoms. The van der Waals surface area contributed by atoms with Crippen LogP contribution in [0.15, 0.2) is 72.8 Å². The van der Waals surface area contributed by atoms with E-state index in [0.29, 0.717) is 6.54 Å². The number of carbonyl (C=O) groups is 1. The molecule has 1 spiro atoms. The van der Waals surface area contributed by atoms with Crippen LogP contribution in [0.1, 0.15) is 25.3 Å². The van der Waals surface area contributed by atoms with E-state index in [1.165, 1.54) is 0 Å². The minimum Gasteiger partial charge on any atom is -0.350 e. The lowest BCUT2D eigenvalue weighted by Crippen LogP contribution is -2.53. The second-order valence-corrected chi connectivity index (χ2v) is 7.97. The molecule has 1 amide bonds. The van der Waals surface area contributed by atoms with E-state index in [9.17, 15) is 4.79 Å². The molecule has 6 rings (SSSR count). The Kier molecular flexibility index (Phi) is 3.57. The summed E-state index contributed by atoms with van der Waals surface area (Å²) in [5, 5.41) is 3.65. The first-order valence-electron chi connectivity index (χ1n) is 10.5. The number of fused-ring (bicyclic) bond motifs is 8. The summed E-state index contributed by atoms with van der Waals surface area (Å²) in [7, 11) is 0. The molecule has 2 aliphatic heterocycles. The molecule has 4 aromatic rings. The zero-order chi connectivity index (χ0) is 20.3. The Labute approximate surface area is 175 Å². The standard InChI is InChI=1S/C25H22N4O/c1-2-3-16-28-21-14-8-5-11-18(21)25(24(28)30)27-19-12-6-4-10-17(19)23-26-20-13-7-9-15-22(20)29(23)25/h4-15,27H,2-3,16H2,1H3. The van der Waals surface area contributed by atoms with Gasteiger partial charge in [-0.1, -0.05) is 55.8 Å². The monoisotopic (exact) mass is 394 g/mol. The number of anilines is 2. The second kappa shape index (κ2) is 6.20. The normalized spacial score (nSPS) is 19.0. The largest absolute Gasteiger partial charge is 0.350 e. The third-order valence-corrected chi connectivity index (χ3v) is 6.25. The minimum absolute atomic E-state index is 0.0519. The summed E-state index contributed by atoms with van der Waals surface area (Å²) >= 11 is 0. The molecule has 0 fully saturated rings. The lowest BCUT2D eigenvalue weighted by atomic mass is 9.95. The van der Waals surface area contributed by atoms with Gasteiger partial charge in [-0.3, -0.25) is 9.36 Å². The van der Waals surface area contributed by atoms with Gasteiger partial charge in [0.2, 0.25) is 5.66 Å². The number of unbranched alkanes of at least 4 members (excludes halogenated alkanes) is 1. The molecule has 3 heterocycles. The summed E-state index contributed by atoms with van der Waals surface area (Å²) in [6.45, 7) is 2.86. The Morgan fingerprint density at radius 2 is 1.73 bits per heavy atom. The number of imidazole rings is 1. The number of hydrogen-bond acceptors (Lipinski definition) is 3. The van der Waals surface area contributed by atoms with E-state index in [1.807, 2.05) is 59.5 Å². The third-order valence-electron chi connectivity index (χ3n) is 6.25. The van der Waals surface area contributed by atoms with Crippen LogP contribution < -0.4 is 10.2 Å². The van der Waals surface area contributed by atoms with E-state index >= 15 is 0 Å². The Balaban J connectivity index is 1.71. The number of nitrogens with zero attached hydrogens (tertiary/aromatic N) is 3. The number of hydrogen-bond donors (Lipinski definition) is 1. The molecule has 1 aromatic heterocycles. The fourth-order valence-corrected chi connectivity index (χ4v) is 4.89. The van der Waals surface area contributed by atoms with E-state index < -0.39 is 5.66 Å². The number of amides is 1. The molecule has 5 nitrogen and oxygen atoms in total. The van der Waals surface area contributed by atoms with Crippen LogP contribution in [0.2, 0.25) is 0 Å². The van der Waals surface area contributed by atoms with Crippen LogP contribution in [0.5, 0.6) is 0 Å². The van der Waals surface area contributed by atoms with Crippen molar-refractivity contribution in [2.75, 3.05) is 16.8 Å². The van der Waals surface area contributed by atoms with Crippen molar-refractivity contribution in [3.8, 4) is 11.4 Å². The molecule has 1 unspecified atom stereocenters. The predicted octanol–water partition coefficient (Wildman–Crippen LogP) is 4.98. The SMILES string of the molecule is CCCCN1C(=O)C2(Nc3ccccc3-c3nc4ccccc4n32)c2ccccc21. The molecule has 0 saturated heterocycles. The number of benzene rings is 3. The number of carbonyl (C=O) groups excluding carboxylic acids is 1. The van der Waals surface area contributed by atoms with Gasteiger partial charge in [-0.25, -0.2) is 4.98 Å². The van der Waals surface area contributed by atoms with Crippen LogP contribution in [-0.2, 0) is 10.5 Å². The highest BCUT2D eigenvalue weighted by atomic mass is 16.2. The van der Waals surface area contributed by atoms with Crippen LogP contribution in [-0.4, -0.2) is 22.0 Å². The van der Waals surface area contributed by atoms with Crippen LogP contribution in [0.3, 0.4) is 0 Å². The van der Waals surface area contributed by atoms with Gasteiger partial charge in [0, 0.05) is 23.4 Å². The number of rotatable bonds is 3. The molecule has 0 radical (unpaired) electrons. The first-order valence-corrected chi connectivity index (χ1v) is 10.5. The van der Waals surface area contributed by atoms with Gasteiger partial charge in [0.25, 0.3) is 5.91 Å². The molecule has 1 N–H and O–H groups in total. The lowest BCUT2D eigenvalue weighted by Gasteiger charge is -2.38. The fourth-order valence-electron chi connectivity index (χ4n) is 4.89. The highest BCUT2D eigenvalue weighted by molar-refractivity contribution is 6.12. The van der Waals surface area contributed by atoms with Gasteiger partial charge in [-0.05, 0) is 36.8 Å². The van der Waals surface area contributed by atoms with Gasteiger partial charge < -0.3 is 10.2 Å². The lowest BCUT2D eigenvalue weighted by molar-refractivity contribution is -0.123. The second-order valence-electron chi connectivity index (χ2n) is 7.97. The van der Waals surface area contributed by atoms with Crippen molar-refractivity contribution < 1.29 is 4.79 Å². The molecular weight excluding hydrogens is 372 g/mol. The van der Waals surface area contributed by atoms with Crippen molar-refractivity contribution in [2.45, 2.75) is 25.4 Å². The number of nitrogens with one attached hydrogen (secondary N) is 1. The Bertz CT molecular complexity index is 1310. The summed E-state index contributed by atoms with van der Waals surface area (Å²) in [5.41, 5.74) is 4.70. The van der Waals surface area contributed by atoms with E-state index in [0.717, 1.165) is 52.2 Å². The molecule has 5 heteroatoms. The summed E-state index contributed by atoms with van der Waals surface area (Å²) in [6.07, 6.45) is 2.00. The highest BCUT2D eigenvalue weighted by Gasteiger charge is 2.56. The van der Waals surface area contributed by atoms with Gasteiger partial charge >= 0.3 is 0 Å². The zero-order valence-corrected chi connectivity index (χ0v) is 16.8. The van der Waals surface area contributed by atoms with Crippen molar-refractivity contribution in [1.29, 1.82) is 0 Å². The molecule has 3 aromatic carbocycles. The molecule has 2 aliphatic rings. The van der Waals surface area contributed by atoms with Gasteiger partial charge in [0.15, 0.2) is 0 Å². The van der Waals surface area contributed by atoms with Crippen LogP contribution in [0, 0.1) is 0 Å². The molecule has 148 valence electrons. The summed E-state index contributed by atoms with van der Waals surface area (Å²) in [6, 6.07) is 24.3. The topological polar surface area (TPSA) is 50.2 Å². The molecule has 0 aliphatic carbocycles. The van der Waals surface area contributed by atoms with Crippen LogP contribution >= 0.6 is 0 Å². The van der Waals surface area contributed by atoms with E-state index in [2.05, 4.69) is 35.0 Å². The summed E-state index contributed by atoms with van der Waals surface area (Å²) < 4.78 is 2.11. The fraction of sp³-hybridized carbons (Fsp3) is 0.200.